The lowest BCUT2D eigenvalue weighted by Gasteiger charge is -2.36. The fourth-order valence-electron chi connectivity index (χ4n) is 2.84. The molecule has 0 saturated carbocycles. The molecule has 0 radical (unpaired) electrons. The van der Waals surface area contributed by atoms with Crippen molar-refractivity contribution in [2.24, 2.45) is 10.1 Å². The monoisotopic (exact) mass is 439 g/mol. The van der Waals surface area contributed by atoms with Crippen LogP contribution in [0.5, 0.6) is 0 Å². The van der Waals surface area contributed by atoms with Gasteiger partial charge in [-0.2, -0.15) is 0 Å². The van der Waals surface area contributed by atoms with Crippen LogP contribution in [0.1, 0.15) is 11.6 Å². The van der Waals surface area contributed by atoms with Crippen LogP contribution in [0.25, 0.3) is 0 Å². The average molecular weight is 439 g/mol. The first-order valence-corrected chi connectivity index (χ1v) is 8.59. The highest BCUT2D eigenvalue weighted by molar-refractivity contribution is 6.02. The first-order valence-electron chi connectivity index (χ1n) is 8.59. The van der Waals surface area contributed by atoms with Crippen LogP contribution in [0.15, 0.2) is 39.6 Å². The maximum Gasteiger partial charge on any atom is 0.338 e. The van der Waals surface area contributed by atoms with Crippen LogP contribution in [-0.4, -0.2) is 68.1 Å². The quantitative estimate of drug-likeness (QED) is 0.201. The zero-order valence-electron chi connectivity index (χ0n) is 16.5. The zero-order valence-corrected chi connectivity index (χ0v) is 16.5. The lowest BCUT2D eigenvalue weighted by atomic mass is 9.93. The van der Waals surface area contributed by atoms with Gasteiger partial charge in [-0.15, -0.1) is 0 Å². The van der Waals surface area contributed by atoms with Crippen molar-refractivity contribution >= 4 is 30.6 Å². The van der Waals surface area contributed by atoms with E-state index in [1.807, 2.05) is 0 Å². The third-order valence-electron chi connectivity index (χ3n) is 4.20. The summed E-state index contributed by atoms with van der Waals surface area (Å²) in [5, 5.41) is 16.2. The molecule has 1 aromatic rings. The molecule has 1 atom stereocenters. The molecule has 1 aromatic carbocycles. The molecule has 1 heterocycles. The number of esters is 1. The molecule has 0 aliphatic carbocycles. The molecule has 1 unspecified atom stereocenters. The first kappa shape index (κ1) is 23.4. The Morgan fingerprint density at radius 2 is 2.03 bits per heavy atom. The molecule has 0 saturated heterocycles. The lowest BCUT2D eigenvalue weighted by molar-refractivity contribution is -0.137. The van der Waals surface area contributed by atoms with E-state index in [0.29, 0.717) is 4.90 Å². The van der Waals surface area contributed by atoms with E-state index in [1.54, 1.807) is 0 Å². The number of methoxy groups -OCH3 is 2. The zero-order chi connectivity index (χ0) is 23.1. The second-order valence-electron chi connectivity index (χ2n) is 6.03. The normalized spacial score (nSPS) is 16.6. The van der Waals surface area contributed by atoms with Gasteiger partial charge in [0, 0.05) is 7.11 Å². The highest BCUT2D eigenvalue weighted by Gasteiger charge is 2.43. The molecule has 1 aliphatic heterocycles. The summed E-state index contributed by atoms with van der Waals surface area (Å²) in [5.74, 6) is -3.63. The molecule has 0 bridgehead atoms. The van der Waals surface area contributed by atoms with Crippen molar-refractivity contribution in [3.63, 3.8) is 0 Å². The number of rotatable bonds is 6. The van der Waals surface area contributed by atoms with E-state index in [9.17, 15) is 23.2 Å². The van der Waals surface area contributed by atoms with Gasteiger partial charge in [0.25, 0.3) is 0 Å². The molecule has 4 amide bonds. The Bertz CT molecular complexity index is 965. The van der Waals surface area contributed by atoms with E-state index in [-0.39, 0.29) is 29.3 Å². The van der Waals surface area contributed by atoms with Gasteiger partial charge in [-0.25, -0.2) is 33.1 Å². The van der Waals surface area contributed by atoms with Crippen LogP contribution < -0.4 is 10.6 Å². The Labute approximate surface area is 175 Å². The predicted molar refractivity (Wildman–Crippen MR) is 103 cm³/mol. The molecule has 0 aromatic heterocycles. The minimum Gasteiger partial charge on any atom is -0.466 e. The molecular weight excluding hydrogens is 420 g/mol. The standard InChI is InChI=1S/C18H19F2N5O6/c1-21-13(24-29)7-22-17(27)25-15(9-4-5-10(19)11(20)6-9)14(16(26)31-3)12(8-30-2)23-18(25)28/h4-6,15,29H,1,7-8H2,2-3H3,(H,22,27)(H,23,28)/b24-13-. The SMILES string of the molecule is C=N/C(CNC(=O)N1C(=O)NC(COC)=C(C(=O)OC)C1c1ccc(F)c(F)c1)=N\O. The summed E-state index contributed by atoms with van der Waals surface area (Å²) in [5.41, 5.74) is -0.345. The Kier molecular flexibility index (Phi) is 7.74. The third-order valence-corrected chi connectivity index (χ3v) is 4.20. The molecule has 1 aliphatic rings. The number of aliphatic imine (C=N–C) groups is 1. The van der Waals surface area contributed by atoms with Gasteiger partial charge in [-0.3, -0.25) is 0 Å². The van der Waals surface area contributed by atoms with Gasteiger partial charge in [0.1, 0.15) is 6.04 Å². The van der Waals surface area contributed by atoms with E-state index in [0.717, 1.165) is 25.3 Å². The highest BCUT2D eigenvalue weighted by atomic mass is 19.2. The van der Waals surface area contributed by atoms with Gasteiger partial charge in [-0.1, -0.05) is 11.2 Å². The number of carbonyl (C=O) groups excluding carboxylic acids is 3. The maximum atomic E-state index is 13.9. The summed E-state index contributed by atoms with van der Waals surface area (Å²) in [4.78, 5) is 42.0. The molecule has 2 rings (SSSR count). The number of oxime groups is 1. The van der Waals surface area contributed by atoms with Gasteiger partial charge in [0.15, 0.2) is 17.5 Å². The van der Waals surface area contributed by atoms with Gasteiger partial charge < -0.3 is 25.3 Å². The Morgan fingerprint density at radius 3 is 2.58 bits per heavy atom. The van der Waals surface area contributed by atoms with Gasteiger partial charge in [-0.05, 0) is 24.4 Å². The van der Waals surface area contributed by atoms with Gasteiger partial charge in [0.05, 0.1) is 31.5 Å². The number of nitrogens with one attached hydrogen (secondary N) is 2. The number of nitrogens with zero attached hydrogens (tertiary/aromatic N) is 3. The Balaban J connectivity index is 2.62. The van der Waals surface area contributed by atoms with Crippen LogP contribution >= 0.6 is 0 Å². The summed E-state index contributed by atoms with van der Waals surface area (Å²) in [6, 6.07) is -0.890. The largest absolute Gasteiger partial charge is 0.466 e. The summed E-state index contributed by atoms with van der Waals surface area (Å²) in [7, 11) is 2.38. The van der Waals surface area contributed by atoms with Crippen LogP contribution in [0.3, 0.4) is 0 Å². The smallest absolute Gasteiger partial charge is 0.338 e. The number of halogens is 2. The number of urea groups is 2. The van der Waals surface area contributed by atoms with Crippen LogP contribution in [-0.2, 0) is 14.3 Å². The summed E-state index contributed by atoms with van der Waals surface area (Å²) < 4.78 is 37.2. The lowest BCUT2D eigenvalue weighted by Crippen LogP contribution is -2.55. The number of benzene rings is 1. The number of ether oxygens (including phenoxy) is 2. The molecule has 0 spiro atoms. The second kappa shape index (κ2) is 10.2. The van der Waals surface area contributed by atoms with Crippen molar-refractivity contribution in [1.82, 2.24) is 15.5 Å². The van der Waals surface area contributed by atoms with E-state index in [4.69, 9.17) is 14.7 Å². The van der Waals surface area contributed by atoms with Crippen molar-refractivity contribution in [2.45, 2.75) is 6.04 Å². The van der Waals surface area contributed by atoms with Crippen molar-refractivity contribution in [3.05, 3.63) is 46.7 Å². The Morgan fingerprint density at radius 1 is 1.32 bits per heavy atom. The van der Waals surface area contributed by atoms with Crippen molar-refractivity contribution in [1.29, 1.82) is 0 Å². The second-order valence-corrected chi connectivity index (χ2v) is 6.03. The fourth-order valence-corrected chi connectivity index (χ4v) is 2.84. The fraction of sp³-hybridized carbons (Fsp3) is 0.278. The number of amides is 4. The molecule has 31 heavy (non-hydrogen) atoms. The van der Waals surface area contributed by atoms with E-state index in [2.05, 4.69) is 27.5 Å². The number of imide groups is 1. The molecule has 11 nitrogen and oxygen atoms in total. The average Bonchev–Trinajstić information content (AvgIpc) is 2.75. The van der Waals surface area contributed by atoms with E-state index < -0.39 is 42.3 Å². The predicted octanol–water partition coefficient (Wildman–Crippen LogP) is 1.30. The molecule has 13 heteroatoms. The molecular formula is C18H19F2N5O6. The summed E-state index contributed by atoms with van der Waals surface area (Å²) in [6.45, 7) is 2.49. The number of hydrogen-bond donors (Lipinski definition) is 3. The highest BCUT2D eigenvalue weighted by Crippen LogP contribution is 2.35. The van der Waals surface area contributed by atoms with Crippen LogP contribution in [0, 0.1) is 11.6 Å². The first-order chi connectivity index (χ1) is 14.8. The van der Waals surface area contributed by atoms with Crippen LogP contribution in [0.4, 0.5) is 18.4 Å². The number of hydrogen-bond acceptors (Lipinski definition) is 7. The topological polar surface area (TPSA) is 142 Å². The minimum absolute atomic E-state index is 0.0245. The van der Waals surface area contributed by atoms with E-state index in [1.165, 1.54) is 7.11 Å². The van der Waals surface area contributed by atoms with Crippen molar-refractivity contribution in [3.8, 4) is 0 Å². The Hall–Kier alpha value is -3.87. The van der Waals surface area contributed by atoms with Crippen LogP contribution in [0.2, 0.25) is 0 Å². The third kappa shape index (κ3) is 5.01. The van der Waals surface area contributed by atoms with Crippen molar-refractivity contribution < 1.29 is 37.8 Å². The maximum absolute atomic E-state index is 13.9. The van der Waals surface area contributed by atoms with Gasteiger partial charge in [0.2, 0.25) is 0 Å². The number of carbonyl (C=O) groups is 3. The summed E-state index contributed by atoms with van der Waals surface area (Å²) in [6.07, 6.45) is 0. The van der Waals surface area contributed by atoms with E-state index >= 15 is 0 Å². The summed E-state index contributed by atoms with van der Waals surface area (Å²) >= 11 is 0. The molecule has 0 fully saturated rings. The molecule has 3 N–H and O–H groups in total. The van der Waals surface area contributed by atoms with Gasteiger partial charge >= 0.3 is 18.0 Å². The minimum atomic E-state index is -1.49. The van der Waals surface area contributed by atoms with Crippen molar-refractivity contribution in [2.75, 3.05) is 27.4 Å². The number of amidine groups is 1. The molecule has 166 valence electrons.